The zero-order chi connectivity index (χ0) is 17.3. The van der Waals surface area contributed by atoms with Crippen LogP contribution in [0.1, 0.15) is 19.4 Å². The zero-order valence-electron chi connectivity index (χ0n) is 12.2. The summed E-state index contributed by atoms with van der Waals surface area (Å²) < 4.78 is 0.173. The molecule has 0 radical (unpaired) electrons. The van der Waals surface area contributed by atoms with Crippen LogP contribution in [0.2, 0.25) is 10.0 Å². The smallest absolute Gasteiger partial charge is 0.266 e. The first-order chi connectivity index (χ1) is 10.7. The van der Waals surface area contributed by atoms with Crippen molar-refractivity contribution in [3.05, 3.63) is 38.7 Å². The zero-order valence-corrected chi connectivity index (χ0v) is 15.4. The molecular weight excluding hydrogens is 377 g/mol. The van der Waals surface area contributed by atoms with Crippen molar-refractivity contribution in [1.82, 2.24) is 4.90 Å². The molecule has 1 aliphatic rings. The molecule has 1 aromatic carbocycles. The maximum absolute atomic E-state index is 12.6. The third-order valence-electron chi connectivity index (χ3n) is 3.25. The number of carbonyl (C=O) groups excluding carboxylic acids is 2. The molecule has 1 aliphatic heterocycles. The summed E-state index contributed by atoms with van der Waals surface area (Å²) in [5.74, 6) is -2.17. The summed E-state index contributed by atoms with van der Waals surface area (Å²) in [6.45, 7) is 3.38. The molecule has 0 unspecified atom stereocenters. The van der Waals surface area contributed by atoms with Gasteiger partial charge < -0.3 is 9.90 Å². The molecule has 122 valence electrons. The average molecular weight is 389 g/mol. The van der Waals surface area contributed by atoms with Crippen LogP contribution in [0, 0.1) is 5.92 Å². The Bertz CT molecular complexity index is 698. The summed E-state index contributed by atoms with van der Waals surface area (Å²) in [4.78, 5) is 25.3. The summed E-state index contributed by atoms with van der Waals surface area (Å²) in [6, 6.07) is 3.88. The van der Waals surface area contributed by atoms with Crippen LogP contribution in [0.4, 0.5) is 0 Å². The van der Waals surface area contributed by atoms with E-state index < -0.39 is 17.9 Å². The van der Waals surface area contributed by atoms with E-state index in [0.29, 0.717) is 15.6 Å². The van der Waals surface area contributed by atoms with Gasteiger partial charge in [0, 0.05) is 15.6 Å². The Labute approximate surface area is 153 Å². The molecule has 1 heterocycles. The van der Waals surface area contributed by atoms with E-state index in [1.165, 1.54) is 6.08 Å². The van der Waals surface area contributed by atoms with Crippen LogP contribution in [0.25, 0.3) is 6.08 Å². The van der Waals surface area contributed by atoms with E-state index in [0.717, 1.165) is 16.7 Å². The number of rotatable bonds is 4. The lowest BCUT2D eigenvalue weighted by atomic mass is 10.0. The molecule has 0 spiro atoms. The molecule has 1 saturated heterocycles. The van der Waals surface area contributed by atoms with Gasteiger partial charge in [-0.2, -0.15) is 0 Å². The molecule has 1 aromatic rings. The maximum atomic E-state index is 12.6. The minimum atomic E-state index is -1.34. The van der Waals surface area contributed by atoms with E-state index in [4.69, 9.17) is 35.4 Å². The van der Waals surface area contributed by atoms with Gasteiger partial charge in [-0.3, -0.25) is 9.69 Å². The summed E-state index contributed by atoms with van der Waals surface area (Å²) in [7, 11) is 0. The van der Waals surface area contributed by atoms with Gasteiger partial charge in [-0.05, 0) is 24.1 Å². The van der Waals surface area contributed by atoms with Gasteiger partial charge in [-0.25, -0.2) is 0 Å². The van der Waals surface area contributed by atoms with Gasteiger partial charge in [-0.15, -0.1) is 0 Å². The maximum Gasteiger partial charge on any atom is 0.266 e. The van der Waals surface area contributed by atoms with Gasteiger partial charge >= 0.3 is 0 Å². The number of halogens is 2. The summed E-state index contributed by atoms with van der Waals surface area (Å²) >= 11 is 18.4. The fourth-order valence-electron chi connectivity index (χ4n) is 2.18. The third kappa shape index (κ3) is 3.71. The number of thioether (sulfide) groups is 1. The molecule has 8 heteroatoms. The number of nitrogens with zero attached hydrogens (tertiary/aromatic N) is 1. The number of benzene rings is 1. The van der Waals surface area contributed by atoms with Crippen molar-refractivity contribution in [1.29, 1.82) is 0 Å². The molecule has 0 aromatic heterocycles. The lowest BCUT2D eigenvalue weighted by molar-refractivity contribution is -0.311. The monoisotopic (exact) mass is 388 g/mol. The van der Waals surface area contributed by atoms with Crippen molar-refractivity contribution in [3.63, 3.8) is 0 Å². The molecule has 1 amide bonds. The second kappa shape index (κ2) is 7.21. The van der Waals surface area contributed by atoms with Crippen molar-refractivity contribution in [2.24, 2.45) is 5.92 Å². The molecule has 1 atom stereocenters. The van der Waals surface area contributed by atoms with Gasteiger partial charge in [0.1, 0.15) is 4.32 Å². The molecule has 2 rings (SSSR count). The van der Waals surface area contributed by atoms with Gasteiger partial charge in [0.25, 0.3) is 5.91 Å². The number of carboxylic acid groups (broad SMARTS) is 1. The highest BCUT2D eigenvalue weighted by molar-refractivity contribution is 8.26. The Hall–Kier alpha value is -1.08. The Morgan fingerprint density at radius 3 is 2.39 bits per heavy atom. The number of hydrogen-bond donors (Lipinski definition) is 0. The van der Waals surface area contributed by atoms with Crippen LogP contribution in [0.15, 0.2) is 23.1 Å². The van der Waals surface area contributed by atoms with Gasteiger partial charge in [0.15, 0.2) is 0 Å². The van der Waals surface area contributed by atoms with Crippen LogP contribution < -0.4 is 5.11 Å². The number of amides is 1. The van der Waals surface area contributed by atoms with Crippen LogP contribution in [0.3, 0.4) is 0 Å². The lowest BCUT2D eigenvalue weighted by Gasteiger charge is -2.30. The highest BCUT2D eigenvalue weighted by Gasteiger charge is 2.39. The Morgan fingerprint density at radius 2 is 1.91 bits per heavy atom. The standard InChI is InChI=1S/C15H13Cl2NO3S2/c1-7(2)12(14(20)21)18-13(19)11(23-15(18)22)6-8-9(16)4-3-5-10(8)17/h3-7,12H,1-2H3,(H,20,21)/p-1/b11-6-/t12-/m1/s1. The van der Waals surface area contributed by atoms with Crippen molar-refractivity contribution in [2.75, 3.05) is 0 Å². The molecule has 0 aliphatic carbocycles. The first kappa shape index (κ1) is 18.3. The predicted octanol–water partition coefficient (Wildman–Crippen LogP) is 2.97. The molecule has 23 heavy (non-hydrogen) atoms. The van der Waals surface area contributed by atoms with Gasteiger partial charge in [-0.1, -0.05) is 67.1 Å². The predicted molar refractivity (Wildman–Crippen MR) is 95.1 cm³/mol. The Balaban J connectivity index is 2.42. The molecule has 1 fully saturated rings. The van der Waals surface area contributed by atoms with Crippen LogP contribution >= 0.6 is 47.2 Å². The van der Waals surface area contributed by atoms with E-state index in [9.17, 15) is 14.7 Å². The van der Waals surface area contributed by atoms with Gasteiger partial charge in [0.05, 0.1) is 16.9 Å². The van der Waals surface area contributed by atoms with Crippen molar-refractivity contribution in [3.8, 4) is 0 Å². The fraction of sp³-hybridized carbons (Fsp3) is 0.267. The number of thiocarbonyl (C=S) groups is 1. The Kier molecular flexibility index (Phi) is 5.73. The van der Waals surface area contributed by atoms with E-state index in [1.807, 2.05) is 0 Å². The SMILES string of the molecule is CC(C)[C@H](C(=O)[O-])N1C(=O)/C(=C/c2c(Cl)cccc2Cl)SC1=S. The quantitative estimate of drug-likeness (QED) is 0.585. The number of carbonyl (C=O) groups is 2. The highest BCUT2D eigenvalue weighted by Crippen LogP contribution is 2.37. The van der Waals surface area contributed by atoms with Crippen molar-refractivity contribution < 1.29 is 14.7 Å². The largest absolute Gasteiger partial charge is 0.548 e. The second-order valence-electron chi connectivity index (χ2n) is 5.19. The molecular formula is C15H12Cl2NO3S2-. The Morgan fingerprint density at radius 1 is 1.35 bits per heavy atom. The van der Waals surface area contributed by atoms with Gasteiger partial charge in [0.2, 0.25) is 0 Å². The minimum Gasteiger partial charge on any atom is -0.548 e. The molecule has 4 nitrogen and oxygen atoms in total. The molecule has 0 bridgehead atoms. The minimum absolute atomic E-state index is 0.173. The van der Waals surface area contributed by atoms with Crippen LogP contribution in [0.5, 0.6) is 0 Å². The van der Waals surface area contributed by atoms with Crippen LogP contribution in [-0.4, -0.2) is 27.1 Å². The normalized spacial score (nSPS) is 18.1. The highest BCUT2D eigenvalue weighted by atomic mass is 35.5. The van der Waals surface area contributed by atoms with Crippen molar-refractivity contribution >= 4 is 69.5 Å². The lowest BCUT2D eigenvalue weighted by Crippen LogP contribution is -2.52. The number of aliphatic carboxylic acids is 1. The van der Waals surface area contributed by atoms with E-state index >= 15 is 0 Å². The third-order valence-corrected chi connectivity index (χ3v) is 5.24. The average Bonchev–Trinajstić information content (AvgIpc) is 2.70. The fourth-order valence-corrected chi connectivity index (χ4v) is 3.99. The first-order valence-electron chi connectivity index (χ1n) is 6.66. The summed E-state index contributed by atoms with van der Waals surface area (Å²) in [5, 5.41) is 12.1. The second-order valence-corrected chi connectivity index (χ2v) is 7.69. The van der Waals surface area contributed by atoms with E-state index in [-0.39, 0.29) is 15.1 Å². The molecule has 0 N–H and O–H groups in total. The number of carboxylic acids is 1. The number of hydrogen-bond acceptors (Lipinski definition) is 5. The van der Waals surface area contributed by atoms with E-state index in [1.54, 1.807) is 32.0 Å². The first-order valence-corrected chi connectivity index (χ1v) is 8.64. The summed E-state index contributed by atoms with van der Waals surface area (Å²) in [6.07, 6.45) is 1.52. The topological polar surface area (TPSA) is 60.4 Å². The molecule has 0 saturated carbocycles. The summed E-state index contributed by atoms with van der Waals surface area (Å²) in [5.41, 5.74) is 0.492. The van der Waals surface area contributed by atoms with Crippen molar-refractivity contribution in [2.45, 2.75) is 19.9 Å². The van der Waals surface area contributed by atoms with E-state index in [2.05, 4.69) is 0 Å². The van der Waals surface area contributed by atoms with Crippen LogP contribution in [-0.2, 0) is 9.59 Å².